The van der Waals surface area contributed by atoms with Gasteiger partial charge in [-0.2, -0.15) is 0 Å². The zero-order chi connectivity index (χ0) is 23.3. The molecule has 0 radical (unpaired) electrons. The SMILES string of the molecule is CC(C)NCCc1c2c(nc3ccccc13)-c1cc3c(c(=O)n1C2)COC(=O)[C@H]3OC(C)C. The molecule has 1 atom stereocenters. The second-order valence-electron chi connectivity index (χ2n) is 9.32. The summed E-state index contributed by atoms with van der Waals surface area (Å²) in [4.78, 5) is 30.9. The highest BCUT2D eigenvalue weighted by Crippen LogP contribution is 2.38. The number of hydrogen-bond acceptors (Lipinski definition) is 6. The van der Waals surface area contributed by atoms with E-state index in [1.165, 1.54) is 5.56 Å². The minimum absolute atomic E-state index is 0.0256. The van der Waals surface area contributed by atoms with Crippen molar-refractivity contribution < 1.29 is 14.3 Å². The van der Waals surface area contributed by atoms with E-state index in [1.807, 2.05) is 38.1 Å². The number of rotatable bonds is 6. The number of ether oxygens (including phenoxy) is 2. The van der Waals surface area contributed by atoms with Crippen molar-refractivity contribution in [3.05, 3.63) is 62.9 Å². The van der Waals surface area contributed by atoms with Crippen LogP contribution in [0.2, 0.25) is 0 Å². The largest absolute Gasteiger partial charge is 0.458 e. The molecule has 172 valence electrons. The molecule has 4 heterocycles. The monoisotopic (exact) mass is 447 g/mol. The molecule has 2 aromatic heterocycles. The van der Waals surface area contributed by atoms with Gasteiger partial charge in [-0.25, -0.2) is 9.78 Å². The number of para-hydroxylation sites is 1. The molecule has 0 amide bonds. The van der Waals surface area contributed by atoms with Crippen molar-refractivity contribution in [3.8, 4) is 11.4 Å². The van der Waals surface area contributed by atoms with Gasteiger partial charge in [0.05, 0.1) is 35.1 Å². The highest BCUT2D eigenvalue weighted by Gasteiger charge is 2.36. The summed E-state index contributed by atoms with van der Waals surface area (Å²) in [7, 11) is 0. The van der Waals surface area contributed by atoms with Crippen LogP contribution < -0.4 is 10.9 Å². The summed E-state index contributed by atoms with van der Waals surface area (Å²) in [6, 6.07) is 10.4. The van der Waals surface area contributed by atoms with Gasteiger partial charge in [0.1, 0.15) is 6.61 Å². The molecule has 7 heteroatoms. The highest BCUT2D eigenvalue weighted by molar-refractivity contribution is 5.88. The van der Waals surface area contributed by atoms with Crippen LogP contribution in [-0.4, -0.2) is 34.2 Å². The lowest BCUT2D eigenvalue weighted by Crippen LogP contribution is -2.34. The fourth-order valence-electron chi connectivity index (χ4n) is 4.82. The van der Waals surface area contributed by atoms with Crippen LogP contribution in [0.5, 0.6) is 0 Å². The third-order valence-electron chi connectivity index (χ3n) is 6.30. The molecule has 0 saturated heterocycles. The lowest BCUT2D eigenvalue weighted by Gasteiger charge is -2.26. The molecule has 3 aromatic rings. The van der Waals surface area contributed by atoms with Crippen LogP contribution in [0.4, 0.5) is 0 Å². The second-order valence-corrected chi connectivity index (χ2v) is 9.32. The number of nitrogens with zero attached hydrogens (tertiary/aromatic N) is 2. The smallest absolute Gasteiger partial charge is 0.340 e. The Kier molecular flexibility index (Phi) is 5.54. The molecule has 1 aromatic carbocycles. The van der Waals surface area contributed by atoms with Gasteiger partial charge in [-0.1, -0.05) is 32.0 Å². The number of carbonyl (C=O) groups excluding carboxylic acids is 1. The summed E-state index contributed by atoms with van der Waals surface area (Å²) in [5.74, 6) is -0.453. The number of aromatic nitrogens is 2. The molecule has 2 aliphatic rings. The van der Waals surface area contributed by atoms with Crippen molar-refractivity contribution in [2.24, 2.45) is 0 Å². The normalized spacial score (nSPS) is 16.8. The zero-order valence-corrected chi connectivity index (χ0v) is 19.5. The van der Waals surface area contributed by atoms with Crippen LogP contribution in [0, 0.1) is 0 Å². The maximum absolute atomic E-state index is 13.5. The molecule has 0 saturated carbocycles. The average molecular weight is 448 g/mol. The first kappa shape index (κ1) is 21.8. The quantitative estimate of drug-likeness (QED) is 0.456. The van der Waals surface area contributed by atoms with Crippen molar-refractivity contribution in [3.63, 3.8) is 0 Å². The fraction of sp³-hybridized carbons (Fsp3) is 0.423. The molecular formula is C26H29N3O4. The third-order valence-corrected chi connectivity index (χ3v) is 6.30. The molecule has 0 aliphatic carbocycles. The van der Waals surface area contributed by atoms with E-state index in [2.05, 4.69) is 25.2 Å². The Hall–Kier alpha value is -3.03. The molecular weight excluding hydrogens is 418 g/mol. The first-order chi connectivity index (χ1) is 15.8. The van der Waals surface area contributed by atoms with Gasteiger partial charge >= 0.3 is 5.97 Å². The maximum atomic E-state index is 13.5. The Balaban J connectivity index is 1.68. The van der Waals surface area contributed by atoms with Crippen LogP contribution in [0.25, 0.3) is 22.3 Å². The average Bonchev–Trinajstić information content (AvgIpc) is 3.14. The molecule has 7 nitrogen and oxygen atoms in total. The van der Waals surface area contributed by atoms with Gasteiger partial charge in [-0.15, -0.1) is 0 Å². The van der Waals surface area contributed by atoms with E-state index in [0.717, 1.165) is 40.8 Å². The second kappa shape index (κ2) is 8.39. The lowest BCUT2D eigenvalue weighted by molar-refractivity contribution is -0.165. The van der Waals surface area contributed by atoms with Crippen molar-refractivity contribution >= 4 is 16.9 Å². The predicted octanol–water partition coefficient (Wildman–Crippen LogP) is 3.49. The fourth-order valence-corrected chi connectivity index (χ4v) is 4.82. The number of carbonyl (C=O) groups is 1. The van der Waals surface area contributed by atoms with Crippen LogP contribution in [0.1, 0.15) is 56.1 Å². The van der Waals surface area contributed by atoms with Crippen LogP contribution in [-0.2, 0) is 33.8 Å². The minimum Gasteiger partial charge on any atom is -0.458 e. The first-order valence-electron chi connectivity index (χ1n) is 11.6. The van der Waals surface area contributed by atoms with Crippen LogP contribution in [0.15, 0.2) is 35.1 Å². The summed E-state index contributed by atoms with van der Waals surface area (Å²) < 4.78 is 12.9. The van der Waals surface area contributed by atoms with Crippen molar-refractivity contribution in [1.29, 1.82) is 0 Å². The van der Waals surface area contributed by atoms with E-state index in [4.69, 9.17) is 14.5 Å². The molecule has 5 rings (SSSR count). The highest BCUT2D eigenvalue weighted by atomic mass is 16.6. The summed E-state index contributed by atoms with van der Waals surface area (Å²) in [6.07, 6.45) is -0.238. The molecule has 2 aliphatic heterocycles. The number of pyridine rings is 2. The van der Waals surface area contributed by atoms with E-state index in [0.29, 0.717) is 23.7 Å². The molecule has 33 heavy (non-hydrogen) atoms. The number of nitrogens with one attached hydrogen (secondary N) is 1. The Labute approximate surface area is 192 Å². The first-order valence-corrected chi connectivity index (χ1v) is 11.6. The zero-order valence-electron chi connectivity index (χ0n) is 19.5. The lowest BCUT2D eigenvalue weighted by atomic mass is 9.97. The predicted molar refractivity (Wildman–Crippen MR) is 126 cm³/mol. The van der Waals surface area contributed by atoms with E-state index in [-0.39, 0.29) is 18.3 Å². The summed E-state index contributed by atoms with van der Waals surface area (Å²) >= 11 is 0. The van der Waals surface area contributed by atoms with Crippen LogP contribution in [0.3, 0.4) is 0 Å². The van der Waals surface area contributed by atoms with Gasteiger partial charge in [-0.05, 0) is 44.5 Å². The number of hydrogen-bond donors (Lipinski definition) is 1. The summed E-state index contributed by atoms with van der Waals surface area (Å²) in [5, 5.41) is 4.61. The number of benzene rings is 1. The summed E-state index contributed by atoms with van der Waals surface area (Å²) in [6.45, 7) is 9.27. The molecule has 0 spiro atoms. The van der Waals surface area contributed by atoms with Gasteiger partial charge in [0.25, 0.3) is 5.56 Å². The topological polar surface area (TPSA) is 82.5 Å². The van der Waals surface area contributed by atoms with Gasteiger partial charge in [0.15, 0.2) is 6.10 Å². The Morgan fingerprint density at radius 2 is 1.97 bits per heavy atom. The van der Waals surface area contributed by atoms with Crippen molar-refractivity contribution in [2.45, 2.75) is 65.5 Å². The van der Waals surface area contributed by atoms with Gasteiger partial charge in [-0.3, -0.25) is 4.79 Å². The Bertz CT molecular complexity index is 1310. The van der Waals surface area contributed by atoms with E-state index < -0.39 is 12.1 Å². The van der Waals surface area contributed by atoms with Gasteiger partial charge in [0, 0.05) is 22.6 Å². The standard InChI is InChI=1S/C26H29N3O4/c1-14(2)27-10-9-16-17-7-5-6-8-21(17)28-23-19(16)12-29-22(23)11-18-20(25(29)30)13-32-26(31)24(18)33-15(3)4/h5-8,11,14-15,24,27H,9-10,12-13H2,1-4H3/t24-/m0/s1. The number of cyclic esters (lactones) is 1. The van der Waals surface area contributed by atoms with Crippen molar-refractivity contribution in [1.82, 2.24) is 14.9 Å². The van der Waals surface area contributed by atoms with Gasteiger partial charge < -0.3 is 19.4 Å². The number of fused-ring (bicyclic) bond motifs is 5. The van der Waals surface area contributed by atoms with E-state index in [1.54, 1.807) is 4.57 Å². The van der Waals surface area contributed by atoms with Crippen molar-refractivity contribution in [2.75, 3.05) is 6.54 Å². The molecule has 1 N–H and O–H groups in total. The maximum Gasteiger partial charge on any atom is 0.340 e. The molecule has 0 unspecified atom stereocenters. The minimum atomic E-state index is -0.897. The Morgan fingerprint density at radius 3 is 2.73 bits per heavy atom. The third kappa shape index (κ3) is 3.75. The van der Waals surface area contributed by atoms with Crippen LogP contribution >= 0.6 is 0 Å². The van der Waals surface area contributed by atoms with Gasteiger partial charge in [0.2, 0.25) is 0 Å². The van der Waals surface area contributed by atoms with E-state index in [9.17, 15) is 9.59 Å². The molecule has 0 bridgehead atoms. The summed E-state index contributed by atoms with van der Waals surface area (Å²) in [5.41, 5.74) is 5.70. The Morgan fingerprint density at radius 1 is 1.18 bits per heavy atom. The van der Waals surface area contributed by atoms with E-state index >= 15 is 0 Å². The molecule has 0 fully saturated rings. The number of esters is 1.